The molecular weight excluding hydrogens is 248 g/mol. The Hall–Kier alpha value is -1.87. The molecule has 1 aromatic carbocycles. The Bertz CT molecular complexity index is 610. The van der Waals surface area contributed by atoms with Gasteiger partial charge in [-0.2, -0.15) is 0 Å². The second-order valence-corrected chi connectivity index (χ2v) is 5.08. The van der Waals surface area contributed by atoms with Crippen LogP contribution >= 0.6 is 0 Å². The van der Waals surface area contributed by atoms with E-state index in [4.69, 9.17) is 4.74 Å². The maximum atomic E-state index is 5.85. The van der Waals surface area contributed by atoms with Crippen LogP contribution in [0.5, 0.6) is 5.75 Å². The van der Waals surface area contributed by atoms with E-state index in [2.05, 4.69) is 41.5 Å². The number of ether oxygens (including phenoxy) is 1. The second kappa shape index (κ2) is 5.63. The third kappa shape index (κ3) is 2.18. The predicted octanol–water partition coefficient (Wildman–Crippen LogP) is 2.89. The van der Waals surface area contributed by atoms with Crippen molar-refractivity contribution < 1.29 is 4.74 Å². The van der Waals surface area contributed by atoms with E-state index in [9.17, 15) is 0 Å². The summed E-state index contributed by atoms with van der Waals surface area (Å²) in [6.45, 7) is 2.96. The number of nitrogens with zero attached hydrogens (tertiary/aromatic N) is 1. The van der Waals surface area contributed by atoms with Gasteiger partial charge in [0.2, 0.25) is 0 Å². The molecular formula is C17H20N2O. The van der Waals surface area contributed by atoms with Crippen molar-refractivity contribution in [2.75, 3.05) is 13.7 Å². The van der Waals surface area contributed by atoms with E-state index in [1.807, 2.05) is 19.4 Å². The first-order valence-electron chi connectivity index (χ1n) is 7.19. The van der Waals surface area contributed by atoms with Gasteiger partial charge in [0, 0.05) is 24.4 Å². The predicted molar refractivity (Wildman–Crippen MR) is 80.2 cm³/mol. The van der Waals surface area contributed by atoms with E-state index in [1.165, 1.54) is 22.3 Å². The van der Waals surface area contributed by atoms with E-state index in [0.29, 0.717) is 0 Å². The van der Waals surface area contributed by atoms with Gasteiger partial charge in [0.25, 0.3) is 0 Å². The van der Waals surface area contributed by atoms with E-state index >= 15 is 0 Å². The van der Waals surface area contributed by atoms with Gasteiger partial charge in [0.1, 0.15) is 5.75 Å². The summed E-state index contributed by atoms with van der Waals surface area (Å²) < 4.78 is 5.85. The number of rotatable bonds is 4. The van der Waals surface area contributed by atoms with Crippen molar-refractivity contribution in [3.8, 4) is 5.75 Å². The van der Waals surface area contributed by atoms with Gasteiger partial charge in [0.05, 0.1) is 12.6 Å². The molecule has 0 saturated carbocycles. The molecule has 1 atom stereocenters. The average Bonchev–Trinajstić information content (AvgIpc) is 2.98. The lowest BCUT2D eigenvalue weighted by Gasteiger charge is -2.22. The Labute approximate surface area is 120 Å². The van der Waals surface area contributed by atoms with Gasteiger partial charge in [-0.05, 0) is 36.2 Å². The molecule has 0 amide bonds. The zero-order valence-corrected chi connectivity index (χ0v) is 12.0. The van der Waals surface area contributed by atoms with Gasteiger partial charge < -0.3 is 10.1 Å². The molecule has 0 aliphatic carbocycles. The average molecular weight is 268 g/mol. The molecule has 1 N–H and O–H groups in total. The number of hydrogen-bond acceptors (Lipinski definition) is 3. The van der Waals surface area contributed by atoms with Crippen molar-refractivity contribution in [1.29, 1.82) is 0 Å². The molecule has 2 aromatic rings. The van der Waals surface area contributed by atoms with E-state index in [1.54, 1.807) is 0 Å². The third-order valence-electron chi connectivity index (χ3n) is 3.98. The van der Waals surface area contributed by atoms with Gasteiger partial charge in [-0.3, -0.25) is 4.98 Å². The molecule has 3 rings (SSSR count). The van der Waals surface area contributed by atoms with Crippen LogP contribution in [-0.4, -0.2) is 18.6 Å². The van der Waals surface area contributed by atoms with Gasteiger partial charge in [0.15, 0.2) is 0 Å². The molecule has 3 heteroatoms. The lowest BCUT2D eigenvalue weighted by atomic mass is 9.93. The summed E-state index contributed by atoms with van der Waals surface area (Å²) in [6.07, 6.45) is 5.82. The Morgan fingerprint density at radius 2 is 2.20 bits per heavy atom. The number of hydrogen-bond donors (Lipinski definition) is 1. The fourth-order valence-corrected chi connectivity index (χ4v) is 2.96. The summed E-state index contributed by atoms with van der Waals surface area (Å²) in [5.41, 5.74) is 5.11. The van der Waals surface area contributed by atoms with Crippen molar-refractivity contribution in [3.05, 3.63) is 58.9 Å². The Kier molecular flexibility index (Phi) is 3.70. The minimum absolute atomic E-state index is 0.154. The van der Waals surface area contributed by atoms with Crippen LogP contribution in [-0.2, 0) is 12.8 Å². The molecule has 1 aromatic heterocycles. The lowest BCUT2D eigenvalue weighted by molar-refractivity contribution is 0.351. The maximum absolute atomic E-state index is 5.85. The molecule has 2 heterocycles. The smallest absolute Gasteiger partial charge is 0.127 e. The molecule has 3 nitrogen and oxygen atoms in total. The highest BCUT2D eigenvalue weighted by atomic mass is 16.5. The SMILES string of the molecule is CCc1cnccc1C(NC)c1cccc2c1OCC2. The van der Waals surface area contributed by atoms with Gasteiger partial charge in [-0.15, -0.1) is 0 Å². The van der Waals surface area contributed by atoms with Gasteiger partial charge in [-0.1, -0.05) is 25.1 Å². The van der Waals surface area contributed by atoms with E-state index in [-0.39, 0.29) is 6.04 Å². The number of pyridine rings is 1. The maximum Gasteiger partial charge on any atom is 0.127 e. The monoisotopic (exact) mass is 268 g/mol. The van der Waals surface area contributed by atoms with Crippen LogP contribution < -0.4 is 10.1 Å². The molecule has 0 radical (unpaired) electrons. The summed E-state index contributed by atoms with van der Waals surface area (Å²) in [5.74, 6) is 1.06. The normalized spacial score (nSPS) is 14.7. The van der Waals surface area contributed by atoms with Crippen LogP contribution in [0.2, 0.25) is 0 Å². The van der Waals surface area contributed by atoms with Gasteiger partial charge in [-0.25, -0.2) is 0 Å². The Balaban J connectivity index is 2.09. The molecule has 0 bridgehead atoms. The van der Waals surface area contributed by atoms with Crippen LogP contribution in [0.1, 0.15) is 35.2 Å². The number of aromatic nitrogens is 1. The Morgan fingerprint density at radius 1 is 1.30 bits per heavy atom. The molecule has 20 heavy (non-hydrogen) atoms. The first-order valence-corrected chi connectivity index (χ1v) is 7.19. The number of aryl methyl sites for hydroxylation is 1. The minimum atomic E-state index is 0.154. The summed E-state index contributed by atoms with van der Waals surface area (Å²) in [6, 6.07) is 8.70. The fraction of sp³-hybridized carbons (Fsp3) is 0.353. The first kappa shape index (κ1) is 13.1. The van der Waals surface area contributed by atoms with Crippen LogP contribution in [0.3, 0.4) is 0 Å². The van der Waals surface area contributed by atoms with Gasteiger partial charge >= 0.3 is 0 Å². The molecule has 104 valence electrons. The second-order valence-electron chi connectivity index (χ2n) is 5.08. The summed E-state index contributed by atoms with van der Waals surface area (Å²) >= 11 is 0. The molecule has 1 aliphatic rings. The molecule has 1 aliphatic heterocycles. The van der Waals surface area contributed by atoms with Crippen molar-refractivity contribution in [3.63, 3.8) is 0 Å². The molecule has 0 fully saturated rings. The summed E-state index contributed by atoms with van der Waals surface area (Å²) in [7, 11) is 2.00. The fourth-order valence-electron chi connectivity index (χ4n) is 2.96. The summed E-state index contributed by atoms with van der Waals surface area (Å²) in [5, 5.41) is 3.43. The number of para-hydroxylation sites is 1. The van der Waals surface area contributed by atoms with Crippen molar-refractivity contribution >= 4 is 0 Å². The third-order valence-corrected chi connectivity index (χ3v) is 3.98. The highest BCUT2D eigenvalue weighted by molar-refractivity contribution is 5.49. The Morgan fingerprint density at radius 3 is 3.00 bits per heavy atom. The lowest BCUT2D eigenvalue weighted by Crippen LogP contribution is -2.20. The highest BCUT2D eigenvalue weighted by Gasteiger charge is 2.23. The molecule has 0 saturated heterocycles. The standard InChI is InChI=1S/C17H20N2O/c1-3-12-11-19-9-7-14(12)16(18-2)15-6-4-5-13-8-10-20-17(13)15/h4-7,9,11,16,18H,3,8,10H2,1-2H3. The van der Waals surface area contributed by atoms with Crippen LogP contribution in [0, 0.1) is 0 Å². The minimum Gasteiger partial charge on any atom is -0.493 e. The van der Waals surface area contributed by atoms with Crippen LogP contribution in [0.25, 0.3) is 0 Å². The number of fused-ring (bicyclic) bond motifs is 1. The number of nitrogens with one attached hydrogen (secondary N) is 1. The quantitative estimate of drug-likeness (QED) is 0.926. The molecule has 0 spiro atoms. The van der Waals surface area contributed by atoms with Crippen LogP contribution in [0.4, 0.5) is 0 Å². The molecule has 1 unspecified atom stereocenters. The summed E-state index contributed by atoms with van der Waals surface area (Å²) in [4.78, 5) is 4.24. The number of benzene rings is 1. The van der Waals surface area contributed by atoms with Crippen molar-refractivity contribution in [1.82, 2.24) is 10.3 Å². The van der Waals surface area contributed by atoms with Crippen LogP contribution in [0.15, 0.2) is 36.7 Å². The first-order chi connectivity index (χ1) is 9.85. The highest BCUT2D eigenvalue weighted by Crippen LogP contribution is 2.36. The van der Waals surface area contributed by atoms with Crippen molar-refractivity contribution in [2.45, 2.75) is 25.8 Å². The topological polar surface area (TPSA) is 34.2 Å². The zero-order chi connectivity index (χ0) is 13.9. The largest absolute Gasteiger partial charge is 0.493 e. The van der Waals surface area contributed by atoms with Crippen molar-refractivity contribution in [2.24, 2.45) is 0 Å². The van der Waals surface area contributed by atoms with E-state index in [0.717, 1.165) is 25.2 Å². The zero-order valence-electron chi connectivity index (χ0n) is 12.0. The van der Waals surface area contributed by atoms with E-state index < -0.39 is 0 Å².